The van der Waals surface area contributed by atoms with Gasteiger partial charge >= 0.3 is 6.36 Å². The summed E-state index contributed by atoms with van der Waals surface area (Å²) in [6.07, 6.45) is -1.49. The van der Waals surface area contributed by atoms with Gasteiger partial charge in [0.2, 0.25) is 0 Å². The van der Waals surface area contributed by atoms with Gasteiger partial charge in [0.15, 0.2) is 0 Å². The zero-order valence-corrected chi connectivity index (χ0v) is 19.2. The minimum absolute atomic E-state index is 0.232. The molecule has 0 radical (unpaired) electrons. The average Bonchev–Trinajstić information content (AvgIpc) is 3.26. The van der Waals surface area contributed by atoms with Gasteiger partial charge in [-0.3, -0.25) is 9.59 Å². The van der Waals surface area contributed by atoms with Gasteiger partial charge in [-0.1, -0.05) is 36.4 Å². The van der Waals surface area contributed by atoms with Crippen molar-refractivity contribution in [3.8, 4) is 22.6 Å². The Morgan fingerprint density at radius 3 is 2.56 bits per heavy atom. The number of amides is 1. The molecule has 0 saturated heterocycles. The van der Waals surface area contributed by atoms with Crippen molar-refractivity contribution in [2.75, 3.05) is 6.54 Å². The number of hydrogen-bond acceptors (Lipinski definition) is 4. The lowest BCUT2D eigenvalue weighted by atomic mass is 9.99. The normalized spacial score (nSPS) is 13.6. The van der Waals surface area contributed by atoms with E-state index in [0.717, 1.165) is 11.3 Å². The Morgan fingerprint density at radius 1 is 1.00 bits per heavy atom. The first-order valence-corrected chi connectivity index (χ1v) is 11.2. The molecule has 2 aromatic carbocycles. The molecule has 0 N–H and O–H groups in total. The van der Waals surface area contributed by atoms with Crippen molar-refractivity contribution in [3.05, 3.63) is 100 Å². The van der Waals surface area contributed by atoms with Crippen molar-refractivity contribution in [1.29, 1.82) is 0 Å². The number of imidazole rings is 1. The van der Waals surface area contributed by atoms with E-state index in [4.69, 9.17) is 0 Å². The topological polar surface area (TPSA) is 69.4 Å². The van der Waals surface area contributed by atoms with Crippen molar-refractivity contribution in [2.45, 2.75) is 26.4 Å². The molecule has 4 aromatic rings. The van der Waals surface area contributed by atoms with E-state index in [2.05, 4.69) is 9.72 Å². The molecule has 184 valence electrons. The fourth-order valence-electron chi connectivity index (χ4n) is 4.37. The van der Waals surface area contributed by atoms with Gasteiger partial charge in [-0.25, -0.2) is 4.98 Å². The minimum atomic E-state index is -4.79. The maximum absolute atomic E-state index is 13.3. The summed E-state index contributed by atoms with van der Waals surface area (Å²) < 4.78 is 45.2. The van der Waals surface area contributed by atoms with E-state index in [-0.39, 0.29) is 29.5 Å². The zero-order valence-electron chi connectivity index (χ0n) is 19.2. The summed E-state index contributed by atoms with van der Waals surface area (Å²) in [5.41, 5.74) is 3.17. The first kappa shape index (κ1) is 23.4. The summed E-state index contributed by atoms with van der Waals surface area (Å²) in [6.45, 7) is 2.68. The van der Waals surface area contributed by atoms with Gasteiger partial charge in [0, 0.05) is 25.8 Å². The van der Waals surface area contributed by atoms with Crippen LogP contribution in [0.25, 0.3) is 16.8 Å². The number of pyridine rings is 1. The lowest BCUT2D eigenvalue weighted by Gasteiger charge is -2.30. The highest BCUT2D eigenvalue weighted by molar-refractivity contribution is 5.93. The fourth-order valence-corrected chi connectivity index (χ4v) is 4.37. The van der Waals surface area contributed by atoms with Crippen LogP contribution in [0.3, 0.4) is 0 Å². The maximum atomic E-state index is 13.3. The first-order chi connectivity index (χ1) is 17.2. The highest BCUT2D eigenvalue weighted by Gasteiger charge is 2.31. The fraction of sp³-hybridized carbons (Fsp3) is 0.192. The van der Waals surface area contributed by atoms with Crippen LogP contribution in [0.4, 0.5) is 13.2 Å². The molecule has 36 heavy (non-hydrogen) atoms. The number of carbonyl (C=O) groups is 1. The summed E-state index contributed by atoms with van der Waals surface area (Å²) in [6, 6.07) is 16.2. The summed E-state index contributed by atoms with van der Waals surface area (Å²) in [4.78, 5) is 32.1. The predicted octanol–water partition coefficient (Wildman–Crippen LogP) is 4.56. The van der Waals surface area contributed by atoms with Crippen LogP contribution >= 0.6 is 0 Å². The number of nitrogens with zero attached hydrogens (tertiary/aromatic N) is 4. The second kappa shape index (κ2) is 9.03. The van der Waals surface area contributed by atoms with E-state index in [1.54, 1.807) is 58.4 Å². The molecule has 0 unspecified atom stereocenters. The molecule has 0 fully saturated rings. The van der Waals surface area contributed by atoms with Gasteiger partial charge in [-0.2, -0.15) is 0 Å². The number of aromatic nitrogens is 3. The quantitative estimate of drug-likeness (QED) is 0.408. The van der Waals surface area contributed by atoms with E-state index in [1.165, 1.54) is 22.8 Å². The van der Waals surface area contributed by atoms with Crippen molar-refractivity contribution in [2.24, 2.45) is 0 Å². The third-order valence-electron chi connectivity index (χ3n) is 6.00. The van der Waals surface area contributed by atoms with Gasteiger partial charge in [-0.05, 0) is 47.9 Å². The van der Waals surface area contributed by atoms with Gasteiger partial charge < -0.3 is 18.8 Å². The van der Waals surface area contributed by atoms with Gasteiger partial charge in [0.1, 0.15) is 17.1 Å². The summed E-state index contributed by atoms with van der Waals surface area (Å²) in [5, 5.41) is 0. The number of halogens is 3. The molecule has 1 amide bonds. The number of ether oxygens (including phenoxy) is 1. The molecule has 2 aromatic heterocycles. The Morgan fingerprint density at radius 2 is 1.81 bits per heavy atom. The van der Waals surface area contributed by atoms with E-state index < -0.39 is 6.36 Å². The van der Waals surface area contributed by atoms with E-state index in [1.807, 2.05) is 13.0 Å². The zero-order chi connectivity index (χ0) is 25.4. The Balaban J connectivity index is 1.42. The van der Waals surface area contributed by atoms with E-state index in [0.29, 0.717) is 29.9 Å². The standard InChI is InChI=1S/C26H21F3N4O3/c1-17-14-32(16-30-17)22-9-10-23-24(34)31(11-12-33(23)25(22)35)15-19-5-2-3-8-21(19)18-6-4-7-20(13-18)36-26(27,28)29/h2-10,13-14,16H,11-12,15H2,1H3. The van der Waals surface area contributed by atoms with Crippen LogP contribution in [-0.4, -0.2) is 37.8 Å². The molecular weight excluding hydrogens is 473 g/mol. The van der Waals surface area contributed by atoms with Gasteiger partial charge in [-0.15, -0.1) is 13.2 Å². The van der Waals surface area contributed by atoms with Crippen LogP contribution < -0.4 is 10.3 Å². The SMILES string of the molecule is Cc1cn(-c2ccc3n(c2=O)CCN(Cc2ccccc2-c2cccc(OC(F)(F)F)c2)C3=O)cn1. The maximum Gasteiger partial charge on any atom is 0.573 e. The number of fused-ring (bicyclic) bond motifs is 1. The van der Waals surface area contributed by atoms with Crippen molar-refractivity contribution in [1.82, 2.24) is 19.0 Å². The second-order valence-electron chi connectivity index (χ2n) is 8.44. The van der Waals surface area contributed by atoms with Gasteiger partial charge in [0.05, 0.1) is 12.0 Å². The second-order valence-corrected chi connectivity index (χ2v) is 8.44. The number of hydrogen-bond donors (Lipinski definition) is 0. The molecule has 0 spiro atoms. The Bertz CT molecular complexity index is 1510. The molecule has 3 heterocycles. The Hall–Kier alpha value is -4.34. The molecule has 7 nitrogen and oxygen atoms in total. The average molecular weight is 494 g/mol. The van der Waals surface area contributed by atoms with Crippen LogP contribution in [0.15, 0.2) is 78.0 Å². The molecule has 0 aliphatic carbocycles. The summed E-state index contributed by atoms with van der Waals surface area (Å²) in [7, 11) is 0. The van der Waals surface area contributed by atoms with E-state index in [9.17, 15) is 22.8 Å². The Labute approximate surface area is 204 Å². The predicted molar refractivity (Wildman–Crippen MR) is 126 cm³/mol. The first-order valence-electron chi connectivity index (χ1n) is 11.2. The monoisotopic (exact) mass is 494 g/mol. The molecular formula is C26H21F3N4O3. The Kier molecular flexibility index (Phi) is 5.87. The number of benzene rings is 2. The molecule has 5 rings (SSSR count). The van der Waals surface area contributed by atoms with Crippen molar-refractivity contribution >= 4 is 5.91 Å². The largest absolute Gasteiger partial charge is 0.573 e. The third kappa shape index (κ3) is 4.61. The highest BCUT2D eigenvalue weighted by atomic mass is 19.4. The van der Waals surface area contributed by atoms with Crippen LogP contribution in [0.5, 0.6) is 5.75 Å². The summed E-state index contributed by atoms with van der Waals surface area (Å²) >= 11 is 0. The lowest BCUT2D eigenvalue weighted by molar-refractivity contribution is -0.274. The number of rotatable bonds is 5. The van der Waals surface area contributed by atoms with Gasteiger partial charge in [0.25, 0.3) is 11.5 Å². The third-order valence-corrected chi connectivity index (χ3v) is 6.00. The minimum Gasteiger partial charge on any atom is -0.406 e. The number of carbonyl (C=O) groups excluding carboxylic acids is 1. The van der Waals surface area contributed by atoms with Crippen molar-refractivity contribution < 1.29 is 22.7 Å². The highest BCUT2D eigenvalue weighted by Crippen LogP contribution is 2.31. The molecule has 10 heteroatoms. The molecule has 0 saturated carbocycles. The van der Waals surface area contributed by atoms with Crippen LogP contribution in [0.1, 0.15) is 21.7 Å². The molecule has 1 aliphatic rings. The van der Waals surface area contributed by atoms with Crippen LogP contribution in [0, 0.1) is 6.92 Å². The smallest absolute Gasteiger partial charge is 0.406 e. The number of aryl methyl sites for hydroxylation is 1. The van der Waals surface area contributed by atoms with Crippen LogP contribution in [-0.2, 0) is 13.1 Å². The molecule has 0 atom stereocenters. The summed E-state index contributed by atoms with van der Waals surface area (Å²) in [5.74, 6) is -0.614. The van der Waals surface area contributed by atoms with E-state index >= 15 is 0 Å². The van der Waals surface area contributed by atoms with Crippen LogP contribution in [0.2, 0.25) is 0 Å². The lowest BCUT2D eigenvalue weighted by Crippen LogP contribution is -2.44. The van der Waals surface area contributed by atoms with Crippen molar-refractivity contribution in [3.63, 3.8) is 0 Å². The number of alkyl halides is 3. The molecule has 0 bridgehead atoms. The molecule has 1 aliphatic heterocycles.